The van der Waals surface area contributed by atoms with Gasteiger partial charge in [0.1, 0.15) is 11.6 Å². The topological polar surface area (TPSA) is 134 Å². The Morgan fingerprint density at radius 1 is 1.03 bits per heavy atom. The highest BCUT2D eigenvalue weighted by atomic mass is 16.6. The lowest BCUT2D eigenvalue weighted by Gasteiger charge is -2.29. The van der Waals surface area contributed by atoms with Crippen LogP contribution in [-0.2, 0) is 19.1 Å². The van der Waals surface area contributed by atoms with E-state index < -0.39 is 29.7 Å². The van der Waals surface area contributed by atoms with Crippen LogP contribution >= 0.6 is 0 Å². The van der Waals surface area contributed by atoms with E-state index in [0.717, 1.165) is 12.8 Å². The summed E-state index contributed by atoms with van der Waals surface area (Å²) in [4.78, 5) is 48.4. The zero-order valence-electron chi connectivity index (χ0n) is 19.7. The summed E-state index contributed by atoms with van der Waals surface area (Å²) < 4.78 is 5.15. The predicted octanol–water partition coefficient (Wildman–Crippen LogP) is 2.76. The zero-order valence-corrected chi connectivity index (χ0v) is 19.7. The standard InChI is InChI=1S/C24H35N3O6/c1-15(26-23(32)33-24(2,3)4)20(28)25-14-16-10-12-18(13-11-16)21(29)27-19(22(30)31)17-8-6-5-7-9-17/h5-9,15-16,18-19H,10-14H2,1-4H3,(H,25,28)(H,26,32)(H,27,29)(H,30,31). The van der Waals surface area contributed by atoms with Crippen molar-refractivity contribution in [3.63, 3.8) is 0 Å². The highest BCUT2D eigenvalue weighted by Gasteiger charge is 2.30. The van der Waals surface area contributed by atoms with E-state index in [1.54, 1.807) is 58.0 Å². The van der Waals surface area contributed by atoms with E-state index >= 15 is 0 Å². The molecular formula is C24H35N3O6. The molecule has 1 saturated carbocycles. The Morgan fingerprint density at radius 3 is 2.18 bits per heavy atom. The maximum atomic E-state index is 12.7. The molecule has 33 heavy (non-hydrogen) atoms. The quantitative estimate of drug-likeness (QED) is 0.470. The molecule has 9 heteroatoms. The predicted molar refractivity (Wildman–Crippen MR) is 122 cm³/mol. The molecule has 3 amide bonds. The van der Waals surface area contributed by atoms with E-state index in [4.69, 9.17) is 4.74 Å². The number of rotatable bonds is 8. The zero-order chi connectivity index (χ0) is 24.6. The molecule has 182 valence electrons. The molecule has 1 aromatic rings. The molecule has 0 heterocycles. The third-order valence-corrected chi connectivity index (χ3v) is 5.58. The largest absolute Gasteiger partial charge is 0.479 e. The minimum absolute atomic E-state index is 0.219. The number of carboxylic acid groups (broad SMARTS) is 1. The summed E-state index contributed by atoms with van der Waals surface area (Å²) in [6.45, 7) is 7.29. The number of carbonyl (C=O) groups is 4. The van der Waals surface area contributed by atoms with Crippen molar-refractivity contribution in [2.75, 3.05) is 6.54 Å². The fourth-order valence-electron chi connectivity index (χ4n) is 3.77. The molecule has 2 unspecified atom stereocenters. The number of amides is 3. The maximum absolute atomic E-state index is 12.7. The van der Waals surface area contributed by atoms with E-state index in [1.165, 1.54) is 0 Å². The molecule has 2 rings (SSSR count). The lowest BCUT2D eigenvalue weighted by Crippen LogP contribution is -2.47. The average molecular weight is 462 g/mol. The Bertz CT molecular complexity index is 828. The molecule has 2 atom stereocenters. The number of carbonyl (C=O) groups excluding carboxylic acids is 3. The average Bonchev–Trinajstić information content (AvgIpc) is 2.74. The smallest absolute Gasteiger partial charge is 0.408 e. The summed E-state index contributed by atoms with van der Waals surface area (Å²) in [5, 5.41) is 17.5. The molecule has 1 aliphatic carbocycles. The van der Waals surface area contributed by atoms with Crippen LogP contribution in [0.4, 0.5) is 4.79 Å². The van der Waals surface area contributed by atoms with E-state index in [0.29, 0.717) is 24.9 Å². The molecule has 0 aromatic heterocycles. The Kier molecular flexibility index (Phi) is 9.25. The molecule has 1 aliphatic rings. The van der Waals surface area contributed by atoms with Gasteiger partial charge in [-0.25, -0.2) is 9.59 Å². The molecule has 0 aliphatic heterocycles. The number of hydrogen-bond donors (Lipinski definition) is 4. The van der Waals surface area contributed by atoms with Gasteiger partial charge in [-0.1, -0.05) is 30.3 Å². The minimum Gasteiger partial charge on any atom is -0.479 e. The third-order valence-electron chi connectivity index (χ3n) is 5.58. The van der Waals surface area contributed by atoms with Crippen molar-refractivity contribution in [2.24, 2.45) is 11.8 Å². The van der Waals surface area contributed by atoms with Crippen molar-refractivity contribution < 1.29 is 29.0 Å². The molecule has 4 N–H and O–H groups in total. The lowest BCUT2D eigenvalue weighted by atomic mass is 9.81. The Morgan fingerprint density at radius 2 is 1.64 bits per heavy atom. The molecule has 0 spiro atoms. The van der Waals surface area contributed by atoms with Gasteiger partial charge in [-0.05, 0) is 64.9 Å². The van der Waals surface area contributed by atoms with Crippen LogP contribution in [0.5, 0.6) is 0 Å². The van der Waals surface area contributed by atoms with Crippen LogP contribution in [-0.4, -0.2) is 47.2 Å². The number of hydrogen-bond acceptors (Lipinski definition) is 5. The number of ether oxygens (including phenoxy) is 1. The number of alkyl carbamates (subject to hydrolysis) is 1. The van der Waals surface area contributed by atoms with Gasteiger partial charge in [0, 0.05) is 12.5 Å². The number of carboxylic acids is 1. The van der Waals surface area contributed by atoms with Gasteiger partial charge in [-0.2, -0.15) is 0 Å². The highest BCUT2D eigenvalue weighted by molar-refractivity contribution is 5.86. The van der Waals surface area contributed by atoms with Gasteiger partial charge < -0.3 is 25.8 Å². The second-order valence-corrected chi connectivity index (χ2v) is 9.52. The van der Waals surface area contributed by atoms with Gasteiger partial charge in [-0.15, -0.1) is 0 Å². The van der Waals surface area contributed by atoms with Crippen LogP contribution < -0.4 is 16.0 Å². The SMILES string of the molecule is CC(NC(=O)OC(C)(C)C)C(=O)NCC1CCC(C(=O)NC(C(=O)O)c2ccccc2)CC1. The maximum Gasteiger partial charge on any atom is 0.408 e. The molecule has 0 saturated heterocycles. The first-order valence-electron chi connectivity index (χ1n) is 11.3. The Balaban J connectivity index is 1.75. The summed E-state index contributed by atoms with van der Waals surface area (Å²) in [5.74, 6) is -1.69. The molecule has 0 bridgehead atoms. The van der Waals surface area contributed by atoms with Crippen molar-refractivity contribution in [3.05, 3.63) is 35.9 Å². The first-order valence-corrected chi connectivity index (χ1v) is 11.3. The van der Waals surface area contributed by atoms with E-state index in [-0.39, 0.29) is 23.7 Å². The van der Waals surface area contributed by atoms with Gasteiger partial charge in [0.05, 0.1) is 0 Å². The minimum atomic E-state index is -1.10. The van der Waals surface area contributed by atoms with Crippen molar-refractivity contribution >= 4 is 23.9 Å². The molecule has 0 radical (unpaired) electrons. The molecule has 1 aromatic carbocycles. The summed E-state index contributed by atoms with van der Waals surface area (Å²) >= 11 is 0. The van der Waals surface area contributed by atoms with Crippen LogP contribution in [0.25, 0.3) is 0 Å². The van der Waals surface area contributed by atoms with Crippen LogP contribution in [0.15, 0.2) is 30.3 Å². The Labute approximate surface area is 194 Å². The monoisotopic (exact) mass is 461 g/mol. The highest BCUT2D eigenvalue weighted by Crippen LogP contribution is 2.29. The summed E-state index contributed by atoms with van der Waals surface area (Å²) in [6.07, 6.45) is 2.09. The molecule has 1 fully saturated rings. The van der Waals surface area contributed by atoms with Crippen molar-refractivity contribution in [1.82, 2.24) is 16.0 Å². The van der Waals surface area contributed by atoms with Crippen molar-refractivity contribution in [3.8, 4) is 0 Å². The fourth-order valence-corrected chi connectivity index (χ4v) is 3.77. The van der Waals surface area contributed by atoms with E-state index in [2.05, 4.69) is 16.0 Å². The van der Waals surface area contributed by atoms with Crippen LogP contribution in [0.2, 0.25) is 0 Å². The third kappa shape index (κ3) is 8.75. The first-order chi connectivity index (χ1) is 15.5. The van der Waals surface area contributed by atoms with Crippen LogP contribution in [0.1, 0.15) is 65.0 Å². The van der Waals surface area contributed by atoms with Crippen molar-refractivity contribution in [1.29, 1.82) is 0 Å². The first kappa shape index (κ1) is 26.2. The lowest BCUT2D eigenvalue weighted by molar-refractivity contribution is -0.143. The van der Waals surface area contributed by atoms with Gasteiger partial charge >= 0.3 is 12.1 Å². The Hall–Kier alpha value is -3.10. The van der Waals surface area contributed by atoms with Gasteiger partial charge in [0.2, 0.25) is 11.8 Å². The second kappa shape index (κ2) is 11.7. The van der Waals surface area contributed by atoms with Gasteiger partial charge in [-0.3, -0.25) is 9.59 Å². The normalized spacial score (nSPS) is 20.1. The van der Waals surface area contributed by atoms with Crippen LogP contribution in [0, 0.1) is 11.8 Å². The van der Waals surface area contributed by atoms with E-state index in [1.807, 2.05) is 0 Å². The number of nitrogens with one attached hydrogen (secondary N) is 3. The number of benzene rings is 1. The summed E-state index contributed by atoms with van der Waals surface area (Å²) in [6, 6.07) is 6.82. The fraction of sp³-hybridized carbons (Fsp3) is 0.583. The molecular weight excluding hydrogens is 426 g/mol. The van der Waals surface area contributed by atoms with Gasteiger partial charge in [0.25, 0.3) is 0 Å². The molecule has 9 nitrogen and oxygen atoms in total. The summed E-state index contributed by atoms with van der Waals surface area (Å²) in [7, 11) is 0. The summed E-state index contributed by atoms with van der Waals surface area (Å²) in [5.41, 5.74) is -0.111. The van der Waals surface area contributed by atoms with E-state index in [9.17, 15) is 24.3 Å². The second-order valence-electron chi connectivity index (χ2n) is 9.52. The van der Waals surface area contributed by atoms with Crippen LogP contribution in [0.3, 0.4) is 0 Å². The van der Waals surface area contributed by atoms with Gasteiger partial charge in [0.15, 0.2) is 6.04 Å². The van der Waals surface area contributed by atoms with Crippen molar-refractivity contribution in [2.45, 2.75) is 71.1 Å². The number of aliphatic carboxylic acids is 1.